The number of nitrogens with one attached hydrogen (secondary N) is 1. The Bertz CT molecular complexity index is 1420. The summed E-state index contributed by atoms with van der Waals surface area (Å²) in [6, 6.07) is 22.1. The van der Waals surface area contributed by atoms with Crippen molar-refractivity contribution in [3.8, 4) is 22.8 Å². The second kappa shape index (κ2) is 11.3. The minimum absolute atomic E-state index is 0.0404. The number of aromatic nitrogens is 2. The molecule has 4 aromatic rings. The van der Waals surface area contributed by atoms with E-state index in [0.29, 0.717) is 59.5 Å². The number of nitrogens with zero attached hydrogens (tertiary/aromatic N) is 2. The monoisotopic (exact) mass is 531 g/mol. The van der Waals surface area contributed by atoms with E-state index in [0.717, 1.165) is 11.1 Å². The first-order valence-corrected chi connectivity index (χ1v) is 13.1. The molecule has 7 nitrogen and oxygen atoms in total. The number of halogens is 1. The third kappa shape index (κ3) is 5.39. The van der Waals surface area contributed by atoms with Crippen molar-refractivity contribution < 1.29 is 19.4 Å². The summed E-state index contributed by atoms with van der Waals surface area (Å²) in [5.41, 5.74) is 4.03. The lowest BCUT2D eigenvalue weighted by Crippen LogP contribution is -2.31. The highest BCUT2D eigenvalue weighted by molar-refractivity contribution is 6.31. The van der Waals surface area contributed by atoms with Crippen LogP contribution in [-0.2, 0) is 11.3 Å². The largest absolute Gasteiger partial charge is 0.507 e. The molecule has 0 bridgehead atoms. The van der Waals surface area contributed by atoms with Gasteiger partial charge in [-0.1, -0.05) is 54.1 Å². The van der Waals surface area contributed by atoms with Gasteiger partial charge in [0.1, 0.15) is 29.5 Å². The molecule has 0 spiro atoms. The lowest BCUT2D eigenvalue weighted by atomic mass is 9.95. The van der Waals surface area contributed by atoms with E-state index in [4.69, 9.17) is 21.1 Å². The van der Waals surface area contributed by atoms with Gasteiger partial charge in [-0.15, -0.1) is 0 Å². The van der Waals surface area contributed by atoms with Gasteiger partial charge in [0.05, 0.1) is 12.1 Å². The number of hydrogen-bond acceptors (Lipinski definition) is 5. The van der Waals surface area contributed by atoms with Crippen molar-refractivity contribution in [2.24, 2.45) is 0 Å². The average Bonchev–Trinajstić information content (AvgIpc) is 3.46. The fourth-order valence-electron chi connectivity index (χ4n) is 4.75. The minimum atomic E-state index is -0.427. The molecule has 1 aliphatic heterocycles. The number of carbonyl (C=O) groups is 1. The molecular formula is C30H30ClN3O4. The topological polar surface area (TPSA) is 87.7 Å². The first kappa shape index (κ1) is 25.8. The number of phenols is 1. The third-order valence-corrected chi connectivity index (χ3v) is 6.73. The van der Waals surface area contributed by atoms with E-state index in [1.54, 1.807) is 12.1 Å². The Morgan fingerprint density at radius 2 is 1.89 bits per heavy atom. The number of carbonyl (C=O) groups excluding carboxylic acids is 1. The second-order valence-electron chi connectivity index (χ2n) is 9.54. The van der Waals surface area contributed by atoms with Gasteiger partial charge in [-0.05, 0) is 61.7 Å². The number of benzene rings is 3. The Morgan fingerprint density at radius 1 is 1.08 bits per heavy atom. The Hall–Kier alpha value is -3.81. The Balaban J connectivity index is 1.51. The molecular weight excluding hydrogens is 502 g/mol. The maximum atomic E-state index is 13.6. The van der Waals surface area contributed by atoms with Gasteiger partial charge >= 0.3 is 0 Å². The highest BCUT2D eigenvalue weighted by Gasteiger charge is 2.42. The van der Waals surface area contributed by atoms with Crippen molar-refractivity contribution in [3.05, 3.63) is 100 Å². The highest BCUT2D eigenvalue weighted by Crippen LogP contribution is 2.45. The molecule has 2 heterocycles. The van der Waals surface area contributed by atoms with Gasteiger partial charge in [-0.2, -0.15) is 5.10 Å². The fourth-order valence-corrected chi connectivity index (χ4v) is 4.92. The molecule has 0 fully saturated rings. The third-order valence-electron chi connectivity index (χ3n) is 6.49. The normalized spacial score (nSPS) is 14.8. The number of amides is 1. The Kier molecular flexibility index (Phi) is 7.67. The van der Waals surface area contributed by atoms with Gasteiger partial charge < -0.3 is 19.5 Å². The highest BCUT2D eigenvalue weighted by atomic mass is 35.5. The van der Waals surface area contributed by atoms with Crippen LogP contribution in [0.3, 0.4) is 0 Å². The standard InChI is InChI=1S/C30H30ClN3O4/c1-19(2)37-15-7-14-34-29(21-10-6-11-23(16-21)38-18-20-8-4-3-5-9-20)26-27(32-33-28(26)30(34)36)24-17-22(31)12-13-25(24)35/h3-6,8-13,16-17,19,29,35H,7,14-15,18H2,1-2H3,(H,32,33). The molecule has 0 radical (unpaired) electrons. The van der Waals surface area contributed by atoms with E-state index in [-0.39, 0.29) is 17.8 Å². The maximum absolute atomic E-state index is 13.6. The van der Waals surface area contributed by atoms with E-state index in [1.807, 2.05) is 73.3 Å². The fraction of sp³-hybridized carbons (Fsp3) is 0.267. The van der Waals surface area contributed by atoms with E-state index in [9.17, 15) is 9.90 Å². The maximum Gasteiger partial charge on any atom is 0.273 e. The number of aromatic hydroxyl groups is 1. The van der Waals surface area contributed by atoms with Crippen LogP contribution in [0.5, 0.6) is 11.5 Å². The van der Waals surface area contributed by atoms with Crippen LogP contribution in [0.15, 0.2) is 72.8 Å². The van der Waals surface area contributed by atoms with Crippen LogP contribution in [0.2, 0.25) is 5.02 Å². The SMILES string of the molecule is CC(C)OCCCN1C(=O)c2[nH]nc(-c3cc(Cl)ccc3O)c2C1c1cccc(OCc2ccccc2)c1. The lowest BCUT2D eigenvalue weighted by Gasteiger charge is -2.27. The van der Waals surface area contributed by atoms with Crippen molar-refractivity contribution in [1.82, 2.24) is 15.1 Å². The molecule has 196 valence electrons. The van der Waals surface area contributed by atoms with Gasteiger partial charge in [0.2, 0.25) is 0 Å². The Morgan fingerprint density at radius 3 is 2.68 bits per heavy atom. The summed E-state index contributed by atoms with van der Waals surface area (Å²) in [6.07, 6.45) is 0.799. The molecule has 8 heteroatoms. The van der Waals surface area contributed by atoms with Crippen LogP contribution >= 0.6 is 11.6 Å². The van der Waals surface area contributed by atoms with Gasteiger partial charge in [0, 0.05) is 29.3 Å². The second-order valence-corrected chi connectivity index (χ2v) is 9.98. The van der Waals surface area contributed by atoms with Crippen LogP contribution < -0.4 is 4.74 Å². The van der Waals surface area contributed by atoms with Gasteiger partial charge in [0.15, 0.2) is 0 Å². The number of H-pyrrole nitrogens is 1. The van der Waals surface area contributed by atoms with Crippen LogP contribution in [0, 0.1) is 0 Å². The van der Waals surface area contributed by atoms with Crippen molar-refractivity contribution >= 4 is 17.5 Å². The van der Waals surface area contributed by atoms with Crippen molar-refractivity contribution in [2.75, 3.05) is 13.2 Å². The zero-order chi connectivity index (χ0) is 26.6. The summed E-state index contributed by atoms with van der Waals surface area (Å²) >= 11 is 6.25. The summed E-state index contributed by atoms with van der Waals surface area (Å²) in [6.45, 7) is 5.45. The van der Waals surface area contributed by atoms with Crippen LogP contribution in [0.25, 0.3) is 11.3 Å². The summed E-state index contributed by atoms with van der Waals surface area (Å²) in [5.74, 6) is 0.593. The molecule has 1 aromatic heterocycles. The van der Waals surface area contributed by atoms with Crippen LogP contribution in [0.1, 0.15) is 53.5 Å². The molecule has 0 saturated carbocycles. The molecule has 1 unspecified atom stereocenters. The van der Waals surface area contributed by atoms with E-state index >= 15 is 0 Å². The number of rotatable bonds is 10. The smallest absolute Gasteiger partial charge is 0.273 e. The number of phenolic OH excluding ortho intramolecular Hbond substituents is 1. The number of fused-ring (bicyclic) bond motifs is 1. The number of aromatic amines is 1. The molecule has 0 aliphatic carbocycles. The summed E-state index contributed by atoms with van der Waals surface area (Å²) in [5, 5.41) is 18.5. The Labute approximate surface area is 227 Å². The van der Waals surface area contributed by atoms with E-state index in [1.165, 1.54) is 6.07 Å². The van der Waals surface area contributed by atoms with Crippen molar-refractivity contribution in [2.45, 2.75) is 39.0 Å². The van der Waals surface area contributed by atoms with Crippen LogP contribution in [0.4, 0.5) is 0 Å². The number of ether oxygens (including phenoxy) is 2. The van der Waals surface area contributed by atoms with Gasteiger partial charge in [-0.3, -0.25) is 9.89 Å². The lowest BCUT2D eigenvalue weighted by molar-refractivity contribution is 0.0601. The molecule has 1 amide bonds. The zero-order valence-electron chi connectivity index (χ0n) is 21.4. The molecule has 38 heavy (non-hydrogen) atoms. The molecule has 1 aliphatic rings. The van der Waals surface area contributed by atoms with E-state index in [2.05, 4.69) is 10.2 Å². The quantitative estimate of drug-likeness (QED) is 0.232. The summed E-state index contributed by atoms with van der Waals surface area (Å²) < 4.78 is 11.8. The van der Waals surface area contributed by atoms with Gasteiger partial charge in [0.25, 0.3) is 5.91 Å². The van der Waals surface area contributed by atoms with E-state index < -0.39 is 6.04 Å². The summed E-state index contributed by atoms with van der Waals surface area (Å²) in [7, 11) is 0. The molecule has 3 aromatic carbocycles. The molecule has 5 rings (SSSR count). The van der Waals surface area contributed by atoms with Crippen molar-refractivity contribution in [1.29, 1.82) is 0 Å². The number of hydrogen-bond donors (Lipinski definition) is 2. The van der Waals surface area contributed by atoms with Crippen molar-refractivity contribution in [3.63, 3.8) is 0 Å². The molecule has 1 atom stereocenters. The molecule has 2 N–H and O–H groups in total. The average molecular weight is 532 g/mol. The first-order chi connectivity index (χ1) is 18.4. The van der Waals surface area contributed by atoms with Gasteiger partial charge in [-0.25, -0.2) is 0 Å². The molecule has 0 saturated heterocycles. The summed E-state index contributed by atoms with van der Waals surface area (Å²) in [4.78, 5) is 15.4. The first-order valence-electron chi connectivity index (χ1n) is 12.7. The minimum Gasteiger partial charge on any atom is -0.507 e. The zero-order valence-corrected chi connectivity index (χ0v) is 22.1. The predicted octanol–water partition coefficient (Wildman–Crippen LogP) is 6.38. The predicted molar refractivity (Wildman–Crippen MR) is 146 cm³/mol. The van der Waals surface area contributed by atoms with Crippen LogP contribution in [-0.4, -0.2) is 45.4 Å².